The molecule has 0 spiro atoms. The Balaban J connectivity index is 1.60. The second kappa shape index (κ2) is 13.8. The van der Waals surface area contributed by atoms with Gasteiger partial charge in [0.15, 0.2) is 18.1 Å². The smallest absolute Gasteiger partial charge is 0.343 e. The maximum absolute atomic E-state index is 12.6. The number of rotatable bonds is 12. The van der Waals surface area contributed by atoms with E-state index >= 15 is 0 Å². The molecule has 8 nitrogen and oxygen atoms in total. The van der Waals surface area contributed by atoms with Crippen LogP contribution in [0.15, 0.2) is 82.9 Å². The van der Waals surface area contributed by atoms with Crippen molar-refractivity contribution in [3.8, 4) is 23.0 Å². The van der Waals surface area contributed by atoms with Crippen LogP contribution in [0.4, 0.5) is 0 Å². The van der Waals surface area contributed by atoms with Crippen LogP contribution in [0.2, 0.25) is 0 Å². The lowest BCUT2D eigenvalue weighted by molar-refractivity contribution is -0.123. The van der Waals surface area contributed by atoms with Crippen LogP contribution in [0.25, 0.3) is 0 Å². The highest BCUT2D eigenvalue weighted by Crippen LogP contribution is 2.28. The van der Waals surface area contributed by atoms with E-state index in [1.165, 1.54) is 13.3 Å². The average Bonchev–Trinajstić information content (AvgIpc) is 2.90. The number of esters is 1. The number of carbonyl (C=O) groups is 2. The molecule has 3 aromatic carbocycles. The molecule has 1 amide bonds. The fourth-order valence-electron chi connectivity index (χ4n) is 3.20. The molecule has 0 aromatic heterocycles. The molecule has 0 unspecified atom stereocenters. The largest absolute Gasteiger partial charge is 0.494 e. The van der Waals surface area contributed by atoms with Crippen LogP contribution in [0.5, 0.6) is 23.0 Å². The second-order valence-corrected chi connectivity index (χ2v) is 8.50. The Morgan fingerprint density at radius 1 is 1.00 bits per heavy atom. The van der Waals surface area contributed by atoms with Gasteiger partial charge < -0.3 is 18.9 Å². The Kier molecular flexibility index (Phi) is 10.3. The van der Waals surface area contributed by atoms with E-state index in [0.717, 1.165) is 10.0 Å². The fraction of sp³-hybridized carbons (Fsp3) is 0.179. The highest BCUT2D eigenvalue weighted by molar-refractivity contribution is 9.10. The van der Waals surface area contributed by atoms with Gasteiger partial charge in [0.25, 0.3) is 5.91 Å². The highest BCUT2D eigenvalue weighted by atomic mass is 79.9. The molecule has 0 bridgehead atoms. The lowest BCUT2D eigenvalue weighted by Crippen LogP contribution is -2.24. The number of allylic oxidation sites excluding steroid dienone is 1. The van der Waals surface area contributed by atoms with Crippen LogP contribution in [0.1, 0.15) is 28.4 Å². The van der Waals surface area contributed by atoms with Crippen LogP contribution < -0.4 is 24.4 Å². The zero-order valence-corrected chi connectivity index (χ0v) is 22.1. The van der Waals surface area contributed by atoms with Gasteiger partial charge in [-0.25, -0.2) is 10.2 Å². The highest BCUT2D eigenvalue weighted by Gasteiger charge is 2.13. The number of benzene rings is 3. The number of ether oxygens (including phenoxy) is 4. The van der Waals surface area contributed by atoms with Gasteiger partial charge in [0.2, 0.25) is 0 Å². The van der Waals surface area contributed by atoms with Crippen molar-refractivity contribution in [3.63, 3.8) is 0 Å². The molecule has 0 aliphatic heterocycles. The van der Waals surface area contributed by atoms with Gasteiger partial charge in [-0.3, -0.25) is 4.79 Å². The third-order valence-electron chi connectivity index (χ3n) is 4.94. The van der Waals surface area contributed by atoms with Crippen molar-refractivity contribution < 1.29 is 28.5 Å². The van der Waals surface area contributed by atoms with Crippen LogP contribution in [0, 0.1) is 0 Å². The Morgan fingerprint density at radius 3 is 2.46 bits per heavy atom. The van der Waals surface area contributed by atoms with E-state index in [1.807, 2.05) is 19.1 Å². The van der Waals surface area contributed by atoms with Crippen LogP contribution >= 0.6 is 15.9 Å². The first kappa shape index (κ1) is 27.5. The van der Waals surface area contributed by atoms with Crippen molar-refractivity contribution >= 4 is 34.0 Å². The molecule has 0 aliphatic carbocycles. The van der Waals surface area contributed by atoms with E-state index in [4.69, 9.17) is 18.9 Å². The van der Waals surface area contributed by atoms with E-state index in [9.17, 15) is 9.59 Å². The summed E-state index contributed by atoms with van der Waals surface area (Å²) in [5.74, 6) is 0.884. The van der Waals surface area contributed by atoms with Crippen LogP contribution in [-0.2, 0) is 11.2 Å². The van der Waals surface area contributed by atoms with Gasteiger partial charge in [-0.1, -0.05) is 28.1 Å². The maximum atomic E-state index is 12.6. The first-order valence-corrected chi connectivity index (χ1v) is 12.2. The van der Waals surface area contributed by atoms with Gasteiger partial charge in [0, 0.05) is 10.0 Å². The topological polar surface area (TPSA) is 95.5 Å². The van der Waals surface area contributed by atoms with Crippen molar-refractivity contribution in [1.82, 2.24) is 5.43 Å². The second-order valence-electron chi connectivity index (χ2n) is 7.59. The minimum absolute atomic E-state index is 0.271. The molecular weight excluding hydrogens is 540 g/mol. The number of hydrogen-bond donors (Lipinski definition) is 1. The SMILES string of the molecule is C=CCc1ccc(OCC(=O)N/N=C/c2cc(Br)ccc2OC(=O)c2ccc(OCC)cc2)c(OC)c1. The standard InChI is InChI=1S/C28H27BrN2O6/c1-4-6-19-7-13-25(26(15-19)34-3)36-18-27(32)31-30-17-21-16-22(29)10-14-24(21)37-28(33)20-8-11-23(12-9-20)35-5-2/h4,7-17H,1,5-6,18H2,2-3H3,(H,31,32)/b30-17+. The molecule has 0 heterocycles. The molecule has 3 rings (SSSR count). The van der Waals surface area contributed by atoms with Gasteiger partial charge in [0.1, 0.15) is 11.5 Å². The fourth-order valence-corrected chi connectivity index (χ4v) is 3.58. The summed E-state index contributed by atoms with van der Waals surface area (Å²) in [7, 11) is 1.53. The van der Waals surface area contributed by atoms with Crippen molar-refractivity contribution in [1.29, 1.82) is 0 Å². The molecular formula is C28H27BrN2O6. The minimum Gasteiger partial charge on any atom is -0.494 e. The van der Waals surface area contributed by atoms with Gasteiger partial charge in [-0.2, -0.15) is 5.10 Å². The van der Waals surface area contributed by atoms with E-state index in [1.54, 1.807) is 54.6 Å². The van der Waals surface area contributed by atoms with Crippen LogP contribution in [-0.4, -0.2) is 38.4 Å². The summed E-state index contributed by atoms with van der Waals surface area (Å²) in [5, 5.41) is 3.97. The number of hydrogen-bond acceptors (Lipinski definition) is 7. The van der Waals surface area contributed by atoms with Gasteiger partial charge in [-0.05, 0) is 73.5 Å². The van der Waals surface area contributed by atoms with Gasteiger partial charge in [0.05, 0.1) is 25.5 Å². The third-order valence-corrected chi connectivity index (χ3v) is 5.43. The molecule has 0 atom stereocenters. The first-order chi connectivity index (χ1) is 17.9. The summed E-state index contributed by atoms with van der Waals surface area (Å²) in [6, 6.07) is 17.2. The van der Waals surface area contributed by atoms with Gasteiger partial charge >= 0.3 is 5.97 Å². The normalized spacial score (nSPS) is 10.6. The summed E-state index contributed by atoms with van der Waals surface area (Å²) >= 11 is 3.39. The average molecular weight is 567 g/mol. The Hall–Kier alpha value is -4.11. The molecule has 192 valence electrons. The van der Waals surface area contributed by atoms with Crippen molar-refractivity contribution in [2.24, 2.45) is 5.10 Å². The van der Waals surface area contributed by atoms with Crippen molar-refractivity contribution in [2.45, 2.75) is 13.3 Å². The minimum atomic E-state index is -0.537. The van der Waals surface area contributed by atoms with E-state index < -0.39 is 11.9 Å². The monoisotopic (exact) mass is 566 g/mol. The molecule has 3 aromatic rings. The maximum Gasteiger partial charge on any atom is 0.343 e. The number of carbonyl (C=O) groups excluding carboxylic acids is 2. The van der Waals surface area contributed by atoms with Crippen molar-refractivity contribution in [3.05, 3.63) is 94.5 Å². The summed E-state index contributed by atoms with van der Waals surface area (Å²) in [4.78, 5) is 24.9. The number of nitrogens with zero attached hydrogens (tertiary/aromatic N) is 1. The zero-order valence-electron chi connectivity index (χ0n) is 20.5. The number of amides is 1. The lowest BCUT2D eigenvalue weighted by atomic mass is 10.1. The number of nitrogens with one attached hydrogen (secondary N) is 1. The van der Waals surface area contributed by atoms with Crippen molar-refractivity contribution in [2.75, 3.05) is 20.3 Å². The zero-order chi connectivity index (χ0) is 26.6. The first-order valence-electron chi connectivity index (χ1n) is 11.4. The molecule has 9 heteroatoms. The molecule has 0 aliphatic rings. The van der Waals surface area contributed by atoms with Gasteiger partial charge in [-0.15, -0.1) is 6.58 Å². The van der Waals surface area contributed by atoms with E-state index in [-0.39, 0.29) is 12.4 Å². The quantitative estimate of drug-likeness (QED) is 0.105. The molecule has 0 fully saturated rings. The Morgan fingerprint density at radius 2 is 1.76 bits per heavy atom. The predicted octanol–water partition coefficient (Wildman–Crippen LogP) is 5.33. The number of hydrazone groups is 1. The molecule has 1 N–H and O–H groups in total. The van der Waals surface area contributed by atoms with Crippen LogP contribution in [0.3, 0.4) is 0 Å². The summed E-state index contributed by atoms with van der Waals surface area (Å²) in [6.45, 7) is 5.87. The van der Waals surface area contributed by atoms with E-state index in [2.05, 4.69) is 33.0 Å². The summed E-state index contributed by atoms with van der Waals surface area (Å²) < 4.78 is 22.6. The number of halogens is 1. The van der Waals surface area contributed by atoms with E-state index in [0.29, 0.717) is 41.4 Å². The summed E-state index contributed by atoms with van der Waals surface area (Å²) in [5.41, 5.74) is 4.27. The summed E-state index contributed by atoms with van der Waals surface area (Å²) in [6.07, 6.45) is 3.87. The molecule has 0 saturated heterocycles. The predicted molar refractivity (Wildman–Crippen MR) is 145 cm³/mol. The lowest BCUT2D eigenvalue weighted by Gasteiger charge is -2.11. The molecule has 0 radical (unpaired) electrons. The Labute approximate surface area is 224 Å². The Bertz CT molecular complexity index is 1270. The number of methoxy groups -OCH3 is 1. The molecule has 37 heavy (non-hydrogen) atoms. The third kappa shape index (κ3) is 8.22. The molecule has 0 saturated carbocycles.